The highest BCUT2D eigenvalue weighted by Gasteiger charge is 1.81. The lowest BCUT2D eigenvalue weighted by Gasteiger charge is -1.78. The zero-order valence-corrected chi connectivity index (χ0v) is 3.26. The average Bonchev–Trinajstić information content (AvgIpc) is 1.38. The summed E-state index contributed by atoms with van der Waals surface area (Å²) < 4.78 is 3.47. The lowest BCUT2D eigenvalue weighted by Crippen LogP contribution is -1.92. The van der Waals surface area contributed by atoms with Gasteiger partial charge in [0.2, 0.25) is 0 Å². The van der Waals surface area contributed by atoms with Crippen molar-refractivity contribution >= 4 is 16.6 Å². The summed E-state index contributed by atoms with van der Waals surface area (Å²) >= 11 is 0. The van der Waals surface area contributed by atoms with Crippen molar-refractivity contribution in [3.63, 3.8) is 0 Å². The van der Waals surface area contributed by atoms with Crippen LogP contribution in [0.4, 0.5) is 4.79 Å². The minimum atomic E-state index is -1.33. The van der Waals surface area contributed by atoms with Crippen molar-refractivity contribution in [3.05, 3.63) is 0 Å². The first-order valence-corrected chi connectivity index (χ1v) is 1.24. The Labute approximate surface area is 32.1 Å². The van der Waals surface area contributed by atoms with Gasteiger partial charge < -0.3 is 9.53 Å². The van der Waals surface area contributed by atoms with E-state index in [9.17, 15) is 0 Å². The molecule has 0 aromatic rings. The normalized spacial score (nSPS) is 6.60. The summed E-state index contributed by atoms with van der Waals surface area (Å²) in [5.74, 6) is 0. The SMILES string of the molecule is O=C(O)O[Si]. The fourth-order valence-electron chi connectivity index (χ4n) is 0. The molecule has 0 aromatic carbocycles. The minimum Gasteiger partial charge on any atom is -0.486 e. The molecule has 4 heteroatoms. The number of hydrogen-bond donors (Lipinski definition) is 1. The van der Waals surface area contributed by atoms with Gasteiger partial charge in [-0.2, -0.15) is 0 Å². The molecule has 27 valence electrons. The van der Waals surface area contributed by atoms with Crippen LogP contribution in [0.1, 0.15) is 0 Å². The summed E-state index contributed by atoms with van der Waals surface area (Å²) in [6.07, 6.45) is -1.33. The van der Waals surface area contributed by atoms with E-state index in [-0.39, 0.29) is 0 Å². The van der Waals surface area contributed by atoms with Crippen LogP contribution >= 0.6 is 0 Å². The van der Waals surface area contributed by atoms with E-state index in [0.717, 1.165) is 0 Å². The molecule has 0 saturated heterocycles. The van der Waals surface area contributed by atoms with Crippen molar-refractivity contribution in [2.75, 3.05) is 0 Å². The van der Waals surface area contributed by atoms with Crippen LogP contribution in [0.15, 0.2) is 0 Å². The molecule has 0 aliphatic heterocycles. The van der Waals surface area contributed by atoms with E-state index in [1.807, 2.05) is 0 Å². The van der Waals surface area contributed by atoms with Gasteiger partial charge in [-0.1, -0.05) is 0 Å². The Balaban J connectivity index is 2.85. The molecule has 0 bridgehead atoms. The van der Waals surface area contributed by atoms with Gasteiger partial charge in [0, 0.05) is 0 Å². The first kappa shape index (κ1) is 4.49. The Bertz CT molecular complexity index is 42.2. The van der Waals surface area contributed by atoms with Gasteiger partial charge in [0.25, 0.3) is 0 Å². The largest absolute Gasteiger partial charge is 0.491 e. The topological polar surface area (TPSA) is 46.5 Å². The summed E-state index contributed by atoms with van der Waals surface area (Å²) in [6.45, 7) is 0. The van der Waals surface area contributed by atoms with Crippen LogP contribution in [-0.2, 0) is 4.43 Å². The first-order valence-electron chi connectivity index (χ1n) is 0.836. The van der Waals surface area contributed by atoms with Crippen LogP contribution < -0.4 is 0 Å². The van der Waals surface area contributed by atoms with Crippen molar-refractivity contribution in [1.29, 1.82) is 0 Å². The van der Waals surface area contributed by atoms with Gasteiger partial charge in [0.15, 0.2) is 0 Å². The van der Waals surface area contributed by atoms with E-state index in [1.165, 1.54) is 0 Å². The summed E-state index contributed by atoms with van der Waals surface area (Å²) in [5, 5.41) is 7.45. The Hall–Kier alpha value is -0.513. The van der Waals surface area contributed by atoms with E-state index in [1.54, 1.807) is 0 Å². The van der Waals surface area contributed by atoms with Crippen LogP contribution in [-0.4, -0.2) is 21.7 Å². The van der Waals surface area contributed by atoms with Gasteiger partial charge >= 0.3 is 16.6 Å². The maximum Gasteiger partial charge on any atom is 0.491 e. The molecule has 0 heterocycles. The van der Waals surface area contributed by atoms with Gasteiger partial charge in [0.1, 0.15) is 0 Å². The Morgan fingerprint density at radius 2 is 2.20 bits per heavy atom. The molecule has 0 rings (SSSR count). The monoisotopic (exact) mass is 89.0 g/mol. The van der Waals surface area contributed by atoms with Crippen LogP contribution in [0.5, 0.6) is 0 Å². The zero-order valence-electron chi connectivity index (χ0n) is 2.26. The van der Waals surface area contributed by atoms with Gasteiger partial charge in [-0.3, -0.25) is 0 Å². The molecule has 0 aromatic heterocycles. The molecule has 0 atom stereocenters. The van der Waals surface area contributed by atoms with E-state index in [4.69, 9.17) is 9.90 Å². The zero-order chi connectivity index (χ0) is 4.28. The smallest absolute Gasteiger partial charge is 0.486 e. The molecule has 0 fully saturated rings. The fraction of sp³-hybridized carbons (Fsp3) is 0. The molecule has 0 unspecified atom stereocenters. The molecule has 0 aliphatic carbocycles. The second-order valence-corrected chi connectivity index (χ2v) is 0.572. The number of carboxylic acid groups (broad SMARTS) is 1. The lowest BCUT2D eigenvalue weighted by atomic mass is 11.5. The maximum absolute atomic E-state index is 9.10. The standard InChI is InChI=1S/CHO3Si/c2-1(3)4-5/h(H,2,3). The van der Waals surface area contributed by atoms with Crippen LogP contribution in [0.3, 0.4) is 0 Å². The van der Waals surface area contributed by atoms with Crippen molar-refractivity contribution in [1.82, 2.24) is 0 Å². The maximum atomic E-state index is 9.10. The predicted octanol–water partition coefficient (Wildman–Crippen LogP) is -0.236. The van der Waals surface area contributed by atoms with E-state index in [2.05, 4.69) is 14.9 Å². The quantitative estimate of drug-likeness (QED) is 0.417. The molecule has 3 radical (unpaired) electrons. The molecular weight excluding hydrogens is 88.1 g/mol. The van der Waals surface area contributed by atoms with Crippen molar-refractivity contribution < 1.29 is 14.3 Å². The van der Waals surface area contributed by atoms with Crippen molar-refractivity contribution in [2.45, 2.75) is 0 Å². The Kier molecular flexibility index (Phi) is 1.59. The highest BCUT2D eigenvalue weighted by Crippen LogP contribution is 1.59. The summed E-state index contributed by atoms with van der Waals surface area (Å²) in [4.78, 5) is 9.10. The van der Waals surface area contributed by atoms with E-state index < -0.39 is 6.16 Å². The fourth-order valence-corrected chi connectivity index (χ4v) is 0. The molecule has 0 aliphatic rings. The molecule has 3 nitrogen and oxygen atoms in total. The second kappa shape index (κ2) is 1.77. The van der Waals surface area contributed by atoms with Crippen molar-refractivity contribution in [3.8, 4) is 0 Å². The van der Waals surface area contributed by atoms with Crippen LogP contribution in [0, 0.1) is 0 Å². The number of carbonyl (C=O) groups is 1. The lowest BCUT2D eigenvalue weighted by molar-refractivity contribution is 0.148. The van der Waals surface area contributed by atoms with Gasteiger partial charge in [-0.05, 0) is 0 Å². The molecule has 0 spiro atoms. The summed E-state index contributed by atoms with van der Waals surface area (Å²) in [6, 6.07) is 0. The van der Waals surface area contributed by atoms with Gasteiger partial charge in [-0.25, -0.2) is 4.79 Å². The highest BCUT2D eigenvalue weighted by molar-refractivity contribution is 6.03. The average molecular weight is 89.1 g/mol. The Morgan fingerprint density at radius 3 is 2.20 bits per heavy atom. The predicted molar refractivity (Wildman–Crippen MR) is 14.9 cm³/mol. The Morgan fingerprint density at radius 1 is 2.00 bits per heavy atom. The summed E-state index contributed by atoms with van der Waals surface area (Å²) in [5.41, 5.74) is 0. The first-order chi connectivity index (χ1) is 2.27. The number of rotatable bonds is 0. The molecule has 1 N–H and O–H groups in total. The van der Waals surface area contributed by atoms with Gasteiger partial charge in [0.05, 0.1) is 0 Å². The molecule has 0 saturated carbocycles. The summed E-state index contributed by atoms with van der Waals surface area (Å²) in [7, 11) is 2.26. The van der Waals surface area contributed by atoms with Crippen LogP contribution in [0.25, 0.3) is 0 Å². The third-order valence-electron chi connectivity index (χ3n) is 0.0873. The van der Waals surface area contributed by atoms with E-state index >= 15 is 0 Å². The van der Waals surface area contributed by atoms with Crippen molar-refractivity contribution in [2.24, 2.45) is 0 Å². The number of hydrogen-bond acceptors (Lipinski definition) is 2. The van der Waals surface area contributed by atoms with E-state index in [0.29, 0.717) is 0 Å². The molecular formula is CHO3Si. The minimum absolute atomic E-state index is 1.33. The molecule has 0 amide bonds. The molecule has 5 heavy (non-hydrogen) atoms. The van der Waals surface area contributed by atoms with Gasteiger partial charge in [-0.15, -0.1) is 0 Å². The third kappa shape index (κ3) is 3.49. The third-order valence-corrected chi connectivity index (χ3v) is 0.262. The second-order valence-electron chi connectivity index (χ2n) is 0.368. The highest BCUT2D eigenvalue weighted by atomic mass is 28.2. The van der Waals surface area contributed by atoms with Crippen LogP contribution in [0.2, 0.25) is 0 Å².